The molecule has 0 aromatic carbocycles. The fourth-order valence-corrected chi connectivity index (χ4v) is 3.72. The molecule has 1 fully saturated rings. The highest BCUT2D eigenvalue weighted by Crippen LogP contribution is 2.23. The molecule has 1 aromatic heterocycles. The Bertz CT molecular complexity index is 391. The van der Waals surface area contributed by atoms with E-state index in [-0.39, 0.29) is 6.04 Å². The van der Waals surface area contributed by atoms with Crippen LogP contribution in [0.3, 0.4) is 0 Å². The summed E-state index contributed by atoms with van der Waals surface area (Å²) >= 11 is 1.77. The minimum Gasteiger partial charge on any atom is -0.336 e. The van der Waals surface area contributed by atoms with Crippen molar-refractivity contribution in [2.24, 2.45) is 5.73 Å². The monoisotopic (exact) mass is 280 g/mol. The van der Waals surface area contributed by atoms with Crippen molar-refractivity contribution in [3.8, 4) is 0 Å². The molecule has 1 aromatic rings. The van der Waals surface area contributed by atoms with Crippen LogP contribution in [0.4, 0.5) is 0 Å². The largest absolute Gasteiger partial charge is 0.336 e. The maximum atomic E-state index is 12.4. The van der Waals surface area contributed by atoms with Crippen LogP contribution in [0.1, 0.15) is 43.9 Å². The minimum absolute atomic E-state index is 0.262. The van der Waals surface area contributed by atoms with E-state index in [0.717, 1.165) is 25.7 Å². The second-order valence-electron chi connectivity index (χ2n) is 5.40. The van der Waals surface area contributed by atoms with Crippen molar-refractivity contribution in [3.63, 3.8) is 0 Å². The van der Waals surface area contributed by atoms with Gasteiger partial charge in [-0.05, 0) is 50.5 Å². The Morgan fingerprint density at radius 3 is 3.05 bits per heavy atom. The van der Waals surface area contributed by atoms with Crippen LogP contribution in [0, 0.1) is 0 Å². The number of piperidine rings is 1. The first-order chi connectivity index (χ1) is 9.22. The lowest BCUT2D eigenvalue weighted by Gasteiger charge is -2.40. The van der Waals surface area contributed by atoms with Crippen LogP contribution < -0.4 is 5.73 Å². The number of amides is 1. The normalized spacial score (nSPS) is 23.6. The van der Waals surface area contributed by atoms with Crippen LogP contribution in [0.25, 0.3) is 0 Å². The topological polar surface area (TPSA) is 46.3 Å². The summed E-state index contributed by atoms with van der Waals surface area (Å²) in [7, 11) is 0. The Labute approximate surface area is 119 Å². The van der Waals surface area contributed by atoms with Gasteiger partial charge in [0.2, 0.25) is 5.91 Å². The van der Waals surface area contributed by atoms with Crippen molar-refractivity contribution >= 4 is 17.2 Å². The standard InChI is InChI=1S/C15H24N2OS/c1-12-5-2-6-13(11-16)17(12)15(18)9-3-7-14-8-4-10-19-14/h4,8,10,12-13H,2-3,5-7,9,11,16H2,1H3. The molecular weight excluding hydrogens is 256 g/mol. The van der Waals surface area contributed by atoms with Crippen LogP contribution in [-0.4, -0.2) is 29.4 Å². The number of rotatable bonds is 5. The lowest BCUT2D eigenvalue weighted by atomic mass is 9.95. The minimum atomic E-state index is 0.262. The molecule has 106 valence electrons. The molecule has 19 heavy (non-hydrogen) atoms. The Kier molecular flexibility index (Phi) is 5.40. The summed E-state index contributed by atoms with van der Waals surface area (Å²) in [5, 5.41) is 2.09. The predicted molar refractivity (Wildman–Crippen MR) is 80.3 cm³/mol. The molecule has 0 aliphatic carbocycles. The van der Waals surface area contributed by atoms with Crippen LogP contribution in [0.15, 0.2) is 17.5 Å². The van der Waals surface area contributed by atoms with Crippen molar-refractivity contribution in [2.45, 2.75) is 57.5 Å². The Morgan fingerprint density at radius 1 is 1.53 bits per heavy atom. The van der Waals surface area contributed by atoms with E-state index in [2.05, 4.69) is 29.3 Å². The van der Waals surface area contributed by atoms with E-state index in [1.807, 2.05) is 0 Å². The molecule has 0 bridgehead atoms. The van der Waals surface area contributed by atoms with Gasteiger partial charge in [0.15, 0.2) is 0 Å². The third-order valence-corrected chi connectivity index (χ3v) is 4.92. The van der Waals surface area contributed by atoms with E-state index in [0.29, 0.717) is 24.9 Å². The van der Waals surface area contributed by atoms with Gasteiger partial charge < -0.3 is 10.6 Å². The fourth-order valence-electron chi connectivity index (χ4n) is 2.97. The lowest BCUT2D eigenvalue weighted by molar-refractivity contribution is -0.137. The molecular formula is C15H24N2OS. The van der Waals surface area contributed by atoms with Gasteiger partial charge >= 0.3 is 0 Å². The molecule has 4 heteroatoms. The first kappa shape index (κ1) is 14.5. The van der Waals surface area contributed by atoms with Gasteiger partial charge in [-0.15, -0.1) is 11.3 Å². The van der Waals surface area contributed by atoms with Crippen LogP contribution in [0.2, 0.25) is 0 Å². The number of thiophene rings is 1. The molecule has 1 aliphatic rings. The first-order valence-corrected chi connectivity index (χ1v) is 8.14. The number of likely N-dealkylation sites (tertiary alicyclic amines) is 1. The molecule has 0 saturated carbocycles. The van der Waals surface area contributed by atoms with Gasteiger partial charge in [-0.25, -0.2) is 0 Å². The van der Waals surface area contributed by atoms with Crippen molar-refractivity contribution < 1.29 is 4.79 Å². The summed E-state index contributed by atoms with van der Waals surface area (Å²) in [5.41, 5.74) is 5.81. The third kappa shape index (κ3) is 3.80. The highest BCUT2D eigenvalue weighted by Gasteiger charge is 2.30. The van der Waals surface area contributed by atoms with Gasteiger partial charge in [0.05, 0.1) is 0 Å². The fraction of sp³-hybridized carbons (Fsp3) is 0.667. The average molecular weight is 280 g/mol. The highest BCUT2D eigenvalue weighted by atomic mass is 32.1. The van der Waals surface area contributed by atoms with E-state index >= 15 is 0 Å². The van der Waals surface area contributed by atoms with E-state index in [4.69, 9.17) is 5.73 Å². The molecule has 0 radical (unpaired) electrons. The summed E-state index contributed by atoms with van der Waals surface area (Å²) in [5.74, 6) is 0.291. The number of aryl methyl sites for hydroxylation is 1. The van der Waals surface area contributed by atoms with Crippen LogP contribution in [0.5, 0.6) is 0 Å². The first-order valence-electron chi connectivity index (χ1n) is 7.26. The van der Waals surface area contributed by atoms with Gasteiger partial charge in [0.1, 0.15) is 0 Å². The van der Waals surface area contributed by atoms with Gasteiger partial charge in [0.25, 0.3) is 0 Å². The Hall–Kier alpha value is -0.870. The number of nitrogens with two attached hydrogens (primary N) is 1. The lowest BCUT2D eigenvalue weighted by Crippen LogP contribution is -2.51. The summed E-state index contributed by atoms with van der Waals surface area (Å²) in [6.07, 6.45) is 5.99. The van der Waals surface area contributed by atoms with E-state index in [9.17, 15) is 4.79 Å². The zero-order valence-corrected chi connectivity index (χ0v) is 12.5. The van der Waals surface area contributed by atoms with Crippen molar-refractivity contribution in [1.82, 2.24) is 4.90 Å². The van der Waals surface area contributed by atoms with Crippen LogP contribution in [-0.2, 0) is 11.2 Å². The summed E-state index contributed by atoms with van der Waals surface area (Å²) in [6.45, 7) is 2.75. The molecule has 1 saturated heterocycles. The highest BCUT2D eigenvalue weighted by molar-refractivity contribution is 7.09. The molecule has 2 heterocycles. The van der Waals surface area contributed by atoms with Gasteiger partial charge in [-0.1, -0.05) is 6.07 Å². The molecule has 2 rings (SSSR count). The SMILES string of the molecule is CC1CCCC(CN)N1C(=O)CCCc1cccs1. The quantitative estimate of drug-likeness (QED) is 0.901. The van der Waals surface area contributed by atoms with E-state index < -0.39 is 0 Å². The van der Waals surface area contributed by atoms with E-state index in [1.54, 1.807) is 11.3 Å². The molecule has 2 unspecified atom stereocenters. The smallest absolute Gasteiger partial charge is 0.223 e. The van der Waals surface area contributed by atoms with Gasteiger partial charge in [0, 0.05) is 29.9 Å². The number of nitrogens with zero attached hydrogens (tertiary/aromatic N) is 1. The zero-order chi connectivity index (χ0) is 13.7. The molecule has 1 amide bonds. The molecule has 2 atom stereocenters. The maximum Gasteiger partial charge on any atom is 0.223 e. The average Bonchev–Trinajstić information content (AvgIpc) is 2.91. The maximum absolute atomic E-state index is 12.4. The number of carbonyl (C=O) groups is 1. The Balaban J connectivity index is 1.83. The third-order valence-electron chi connectivity index (χ3n) is 3.98. The summed E-state index contributed by atoms with van der Waals surface area (Å²) in [6, 6.07) is 4.83. The van der Waals surface area contributed by atoms with Crippen molar-refractivity contribution in [2.75, 3.05) is 6.54 Å². The molecule has 3 nitrogen and oxygen atoms in total. The second-order valence-corrected chi connectivity index (χ2v) is 6.44. The molecule has 2 N–H and O–H groups in total. The predicted octanol–water partition coefficient (Wildman–Crippen LogP) is 2.80. The van der Waals surface area contributed by atoms with Crippen molar-refractivity contribution in [1.29, 1.82) is 0 Å². The zero-order valence-electron chi connectivity index (χ0n) is 11.7. The van der Waals surface area contributed by atoms with Gasteiger partial charge in [-0.3, -0.25) is 4.79 Å². The molecule has 0 spiro atoms. The molecule has 1 aliphatic heterocycles. The summed E-state index contributed by atoms with van der Waals surface area (Å²) in [4.78, 5) is 15.8. The van der Waals surface area contributed by atoms with Crippen LogP contribution >= 0.6 is 11.3 Å². The second kappa shape index (κ2) is 7.06. The van der Waals surface area contributed by atoms with Crippen molar-refractivity contribution in [3.05, 3.63) is 22.4 Å². The number of hydrogen-bond donors (Lipinski definition) is 1. The summed E-state index contributed by atoms with van der Waals surface area (Å²) < 4.78 is 0. The van der Waals surface area contributed by atoms with E-state index in [1.165, 1.54) is 11.3 Å². The number of carbonyl (C=O) groups excluding carboxylic acids is 1. The van der Waals surface area contributed by atoms with Gasteiger partial charge in [-0.2, -0.15) is 0 Å². The Morgan fingerprint density at radius 2 is 2.37 bits per heavy atom. The number of hydrogen-bond acceptors (Lipinski definition) is 3.